The lowest BCUT2D eigenvalue weighted by Gasteiger charge is -2.12. The highest BCUT2D eigenvalue weighted by atomic mass is 16.6. The highest BCUT2D eigenvalue weighted by Gasteiger charge is 2.33. The lowest BCUT2D eigenvalue weighted by molar-refractivity contribution is -0.385. The quantitative estimate of drug-likeness (QED) is 0.511. The zero-order valence-electron chi connectivity index (χ0n) is 13.2. The molecule has 0 saturated heterocycles. The summed E-state index contributed by atoms with van der Waals surface area (Å²) in [5.74, 6) is -0.446. The first-order chi connectivity index (χ1) is 12.1. The summed E-state index contributed by atoms with van der Waals surface area (Å²) < 4.78 is 0. The number of amides is 1. The molecule has 0 unspecified atom stereocenters. The highest BCUT2D eigenvalue weighted by Crippen LogP contribution is 2.22. The minimum atomic E-state index is -0.578. The third-order valence-corrected chi connectivity index (χ3v) is 3.54. The van der Waals surface area contributed by atoms with E-state index in [1.165, 1.54) is 23.4 Å². The number of carbonyl (C=O) groups is 1. The molecule has 1 amide bonds. The zero-order chi connectivity index (χ0) is 17.8. The smallest absolute Gasteiger partial charge is 0.271 e. The number of nitro groups is 1. The Morgan fingerprint density at radius 2 is 2.04 bits per heavy atom. The number of carbonyl (C=O) groups excluding carboxylic acids is 1. The molecule has 0 radical (unpaired) electrons. The normalized spacial score (nSPS) is 17.0. The summed E-state index contributed by atoms with van der Waals surface area (Å²) in [6.07, 6.45) is 2.57. The maximum atomic E-state index is 12.5. The van der Waals surface area contributed by atoms with Crippen molar-refractivity contribution < 1.29 is 9.72 Å². The number of nitrogens with one attached hydrogen (secondary N) is 1. The first-order valence-electron chi connectivity index (χ1n) is 7.40. The molecule has 0 spiro atoms. The predicted molar refractivity (Wildman–Crippen MR) is 93.5 cm³/mol. The molecule has 0 aliphatic carbocycles. The Bertz CT molecular complexity index is 848. The number of rotatable bonds is 5. The van der Waals surface area contributed by atoms with Gasteiger partial charge in [-0.2, -0.15) is 15.2 Å². The number of nitrogens with zero attached hydrogens (tertiary/aromatic N) is 5. The van der Waals surface area contributed by atoms with Gasteiger partial charge in [-0.05, 0) is 25.1 Å². The van der Waals surface area contributed by atoms with Gasteiger partial charge in [-0.1, -0.05) is 18.2 Å². The van der Waals surface area contributed by atoms with Crippen LogP contribution in [0.3, 0.4) is 0 Å². The van der Waals surface area contributed by atoms with Gasteiger partial charge in [-0.25, -0.2) is 4.98 Å². The minimum Gasteiger partial charge on any atom is -0.271 e. The summed E-state index contributed by atoms with van der Waals surface area (Å²) in [4.78, 5) is 26.4. The van der Waals surface area contributed by atoms with Gasteiger partial charge in [0.2, 0.25) is 0 Å². The van der Waals surface area contributed by atoms with E-state index >= 15 is 0 Å². The predicted octanol–water partition coefficient (Wildman–Crippen LogP) is 2.43. The van der Waals surface area contributed by atoms with Crippen molar-refractivity contribution in [1.82, 2.24) is 4.98 Å². The van der Waals surface area contributed by atoms with Crippen molar-refractivity contribution in [3.8, 4) is 0 Å². The number of pyridine rings is 1. The largest absolute Gasteiger partial charge is 0.287 e. The van der Waals surface area contributed by atoms with Gasteiger partial charge in [0.25, 0.3) is 11.6 Å². The Morgan fingerprint density at radius 3 is 2.68 bits per heavy atom. The van der Waals surface area contributed by atoms with Gasteiger partial charge in [-0.3, -0.25) is 20.3 Å². The second-order valence-corrected chi connectivity index (χ2v) is 5.25. The lowest BCUT2D eigenvalue weighted by Crippen LogP contribution is -2.28. The van der Waals surface area contributed by atoms with Crippen molar-refractivity contribution in [2.45, 2.75) is 6.92 Å². The molecule has 9 heteroatoms. The fourth-order valence-electron chi connectivity index (χ4n) is 2.24. The van der Waals surface area contributed by atoms with Crippen molar-refractivity contribution in [3.63, 3.8) is 0 Å². The first kappa shape index (κ1) is 16.2. The van der Waals surface area contributed by atoms with Crippen LogP contribution in [0.25, 0.3) is 0 Å². The van der Waals surface area contributed by atoms with Crippen LogP contribution in [0.4, 0.5) is 17.2 Å². The van der Waals surface area contributed by atoms with Gasteiger partial charge in [-0.15, -0.1) is 0 Å². The van der Waals surface area contributed by atoms with Crippen LogP contribution in [-0.2, 0) is 4.79 Å². The van der Waals surface area contributed by atoms with Crippen LogP contribution in [0.1, 0.15) is 6.92 Å². The molecule has 1 aliphatic heterocycles. The van der Waals surface area contributed by atoms with Crippen LogP contribution in [0, 0.1) is 16.0 Å². The molecular formula is C16H14N6O3. The molecule has 9 nitrogen and oxygen atoms in total. The fourth-order valence-corrected chi connectivity index (χ4v) is 2.24. The Labute approximate surface area is 142 Å². The summed E-state index contributed by atoms with van der Waals surface area (Å²) in [5, 5.41) is 20.2. The molecular weight excluding hydrogens is 324 g/mol. The molecule has 1 aromatic heterocycles. The number of aromatic nitrogens is 1. The molecule has 0 bridgehead atoms. The monoisotopic (exact) mass is 338 g/mol. The lowest BCUT2D eigenvalue weighted by atomic mass is 10.1. The van der Waals surface area contributed by atoms with Gasteiger partial charge < -0.3 is 0 Å². The average molecular weight is 338 g/mol. The fraction of sp³-hybridized carbons (Fsp3) is 0.125. The average Bonchev–Trinajstić information content (AvgIpc) is 2.91. The highest BCUT2D eigenvalue weighted by molar-refractivity contribution is 6.23. The van der Waals surface area contributed by atoms with Crippen LogP contribution >= 0.6 is 0 Å². The van der Waals surface area contributed by atoms with E-state index in [1.54, 1.807) is 19.1 Å². The van der Waals surface area contributed by atoms with Gasteiger partial charge in [0.05, 0.1) is 16.3 Å². The standard InChI is InChI=1S/C16H14N6O3/c1-11-14(16(23)21(20-11)12-5-3-2-4-6-12)10-18-19-15-8-7-13(9-17-15)22(24)25/h2-10,14H,1H3,(H,17,19)/b18-10-/t14-/m1/s1. The number of anilines is 2. The van der Waals surface area contributed by atoms with Gasteiger partial charge in [0.1, 0.15) is 17.9 Å². The molecule has 0 saturated carbocycles. The van der Waals surface area contributed by atoms with Gasteiger partial charge >= 0.3 is 0 Å². The molecule has 126 valence electrons. The summed E-state index contributed by atoms with van der Waals surface area (Å²) in [6, 6.07) is 11.9. The van der Waals surface area contributed by atoms with E-state index in [0.29, 0.717) is 17.2 Å². The Balaban J connectivity index is 1.66. The second-order valence-electron chi connectivity index (χ2n) is 5.25. The third kappa shape index (κ3) is 3.50. The molecule has 2 aromatic rings. The summed E-state index contributed by atoms with van der Waals surface area (Å²) in [6.45, 7) is 1.75. The Hall–Kier alpha value is -3.62. The number of benzene rings is 1. The van der Waals surface area contributed by atoms with Crippen LogP contribution in [-0.4, -0.2) is 27.7 Å². The Morgan fingerprint density at radius 1 is 1.28 bits per heavy atom. The molecule has 25 heavy (non-hydrogen) atoms. The molecule has 1 atom stereocenters. The molecule has 1 aromatic carbocycles. The van der Waals surface area contributed by atoms with E-state index in [0.717, 1.165) is 6.20 Å². The van der Waals surface area contributed by atoms with E-state index in [-0.39, 0.29) is 11.6 Å². The van der Waals surface area contributed by atoms with Crippen LogP contribution in [0.15, 0.2) is 58.9 Å². The van der Waals surface area contributed by atoms with E-state index in [4.69, 9.17) is 0 Å². The van der Waals surface area contributed by atoms with Crippen LogP contribution in [0.5, 0.6) is 0 Å². The minimum absolute atomic E-state index is 0.109. The summed E-state index contributed by atoms with van der Waals surface area (Å²) in [5.41, 5.74) is 3.84. The molecule has 1 N–H and O–H groups in total. The molecule has 0 fully saturated rings. The van der Waals surface area contributed by atoms with Crippen LogP contribution in [0.2, 0.25) is 0 Å². The van der Waals surface area contributed by atoms with E-state index in [9.17, 15) is 14.9 Å². The van der Waals surface area contributed by atoms with E-state index < -0.39 is 10.8 Å². The number of para-hydroxylation sites is 1. The maximum Gasteiger partial charge on any atom is 0.287 e. The maximum absolute atomic E-state index is 12.5. The Kier molecular flexibility index (Phi) is 4.46. The third-order valence-electron chi connectivity index (χ3n) is 3.54. The van der Waals surface area contributed by atoms with Crippen molar-refractivity contribution in [3.05, 3.63) is 58.8 Å². The number of hydrogen-bond donors (Lipinski definition) is 1. The molecule has 2 heterocycles. The topological polar surface area (TPSA) is 113 Å². The van der Waals surface area contributed by atoms with Crippen molar-refractivity contribution in [1.29, 1.82) is 0 Å². The number of hydrazone groups is 2. The van der Waals surface area contributed by atoms with E-state index in [1.807, 2.05) is 18.2 Å². The summed E-state index contributed by atoms with van der Waals surface area (Å²) >= 11 is 0. The van der Waals surface area contributed by atoms with Crippen molar-refractivity contribution >= 4 is 35.0 Å². The SMILES string of the molecule is CC1=NN(c2ccccc2)C(=O)[C@@H]1/C=N\Nc1ccc([N+](=O)[O-])cn1. The van der Waals surface area contributed by atoms with Crippen molar-refractivity contribution in [2.75, 3.05) is 10.4 Å². The summed E-state index contributed by atoms with van der Waals surface area (Å²) in [7, 11) is 0. The molecule has 3 rings (SSSR count). The van der Waals surface area contributed by atoms with E-state index in [2.05, 4.69) is 20.6 Å². The molecule has 1 aliphatic rings. The first-order valence-corrected chi connectivity index (χ1v) is 7.40. The number of hydrogen-bond acceptors (Lipinski definition) is 7. The van der Waals surface area contributed by atoms with Crippen LogP contribution < -0.4 is 10.4 Å². The van der Waals surface area contributed by atoms with Gasteiger partial charge in [0.15, 0.2) is 0 Å². The zero-order valence-corrected chi connectivity index (χ0v) is 13.2. The van der Waals surface area contributed by atoms with Gasteiger partial charge in [0, 0.05) is 12.3 Å². The van der Waals surface area contributed by atoms with Crippen molar-refractivity contribution in [2.24, 2.45) is 16.1 Å². The second kappa shape index (κ2) is 6.87.